The molecule has 0 spiro atoms. The largest absolute Gasteiger partial charge is 0.460 e. The van der Waals surface area contributed by atoms with Crippen LogP contribution in [0.25, 0.3) is 11.3 Å². The zero-order valence-corrected chi connectivity index (χ0v) is 15.1. The number of halogens is 2. The van der Waals surface area contributed by atoms with Gasteiger partial charge < -0.3 is 20.8 Å². The number of benzene rings is 1. The van der Waals surface area contributed by atoms with Crippen molar-refractivity contribution < 1.29 is 13.8 Å². The van der Waals surface area contributed by atoms with Crippen LogP contribution in [-0.2, 0) is 6.54 Å². The van der Waals surface area contributed by atoms with Crippen LogP contribution in [0.2, 0.25) is 5.02 Å². The van der Waals surface area contributed by atoms with Crippen molar-refractivity contribution >= 4 is 35.7 Å². The Balaban J connectivity index is 0.00000243. The van der Waals surface area contributed by atoms with Crippen molar-refractivity contribution in [2.75, 3.05) is 18.8 Å². The number of nitrogen functional groups attached to an aromatic ring is 1. The molecule has 1 amide bonds. The minimum atomic E-state index is -0.427. The van der Waals surface area contributed by atoms with E-state index in [4.69, 9.17) is 21.8 Å². The molecule has 1 aromatic carbocycles. The molecule has 0 aliphatic carbocycles. The summed E-state index contributed by atoms with van der Waals surface area (Å²) < 4.78 is 10.1. The summed E-state index contributed by atoms with van der Waals surface area (Å²) in [7, 11) is 0. The van der Waals surface area contributed by atoms with Crippen LogP contribution >= 0.6 is 24.0 Å². The van der Waals surface area contributed by atoms with Gasteiger partial charge in [0.05, 0.1) is 6.54 Å². The van der Waals surface area contributed by atoms with Gasteiger partial charge in [0.1, 0.15) is 11.5 Å². The van der Waals surface area contributed by atoms with Crippen molar-refractivity contribution in [1.82, 2.24) is 20.9 Å². The first-order valence-corrected chi connectivity index (χ1v) is 7.93. The molecule has 138 valence electrons. The van der Waals surface area contributed by atoms with E-state index in [1.54, 1.807) is 0 Å². The number of anilines is 1. The predicted octanol–water partition coefficient (Wildman–Crippen LogP) is 2.51. The highest BCUT2D eigenvalue weighted by molar-refractivity contribution is 6.30. The van der Waals surface area contributed by atoms with Crippen molar-refractivity contribution in [2.45, 2.75) is 6.54 Å². The van der Waals surface area contributed by atoms with Gasteiger partial charge in [-0.1, -0.05) is 11.6 Å². The van der Waals surface area contributed by atoms with E-state index >= 15 is 0 Å². The first-order valence-electron chi connectivity index (χ1n) is 7.55. The molecule has 0 radical (unpaired) electrons. The summed E-state index contributed by atoms with van der Waals surface area (Å²) >= 11 is 5.88. The third-order valence-electron chi connectivity index (χ3n) is 3.41. The van der Waals surface area contributed by atoms with Crippen LogP contribution in [0, 0.1) is 0 Å². The van der Waals surface area contributed by atoms with E-state index < -0.39 is 5.91 Å². The number of carbonyl (C=O) groups excluding carboxylic acids is 1. The molecule has 3 rings (SSSR count). The molecular weight excluding hydrogens is 381 g/mol. The third kappa shape index (κ3) is 4.98. The zero-order valence-electron chi connectivity index (χ0n) is 13.6. The average Bonchev–Trinajstić information content (AvgIpc) is 3.24. The van der Waals surface area contributed by atoms with Crippen molar-refractivity contribution in [3.8, 4) is 11.3 Å². The molecule has 10 heteroatoms. The number of nitrogens with one attached hydrogen (secondary N) is 2. The summed E-state index contributed by atoms with van der Waals surface area (Å²) in [5.41, 5.74) is 6.39. The van der Waals surface area contributed by atoms with Crippen molar-refractivity contribution in [3.63, 3.8) is 0 Å². The number of furan rings is 1. The highest BCUT2D eigenvalue weighted by Crippen LogP contribution is 2.23. The fraction of sp³-hybridized carbons (Fsp3) is 0.188. The number of hydrogen-bond acceptors (Lipinski definition) is 7. The smallest absolute Gasteiger partial charge is 0.277 e. The lowest BCUT2D eigenvalue weighted by Gasteiger charge is -2.04. The molecule has 4 N–H and O–H groups in total. The molecule has 26 heavy (non-hydrogen) atoms. The fourth-order valence-electron chi connectivity index (χ4n) is 2.15. The number of hydrogen-bond donors (Lipinski definition) is 3. The molecule has 0 aliphatic heterocycles. The monoisotopic (exact) mass is 397 g/mol. The Morgan fingerprint density at radius 1 is 1.12 bits per heavy atom. The van der Waals surface area contributed by atoms with Gasteiger partial charge in [-0.25, -0.2) is 4.63 Å². The Morgan fingerprint density at radius 3 is 2.58 bits per heavy atom. The number of aromatic nitrogens is 2. The van der Waals surface area contributed by atoms with Crippen LogP contribution in [0.5, 0.6) is 0 Å². The van der Waals surface area contributed by atoms with Gasteiger partial charge in [-0.2, -0.15) is 0 Å². The standard InChI is InChI=1S/C16H16ClN5O3.ClH/c17-11-3-1-10(2-4-11)13-6-5-12(24-13)9-19-7-8-20-16(23)14-15(18)22-25-21-14;/h1-6,19H,7-9H2,(H2,18,22)(H,20,23);1H. The van der Waals surface area contributed by atoms with Crippen molar-refractivity contribution in [3.05, 3.63) is 52.9 Å². The van der Waals surface area contributed by atoms with Crippen LogP contribution < -0.4 is 16.4 Å². The molecule has 0 saturated carbocycles. The lowest BCUT2D eigenvalue weighted by molar-refractivity contribution is 0.0944. The summed E-state index contributed by atoms with van der Waals surface area (Å²) in [6.45, 7) is 1.49. The number of amides is 1. The van der Waals surface area contributed by atoms with Gasteiger partial charge in [-0.15, -0.1) is 12.4 Å². The molecule has 2 heterocycles. The number of nitrogens with two attached hydrogens (primary N) is 1. The first kappa shape index (κ1) is 19.8. The second-order valence-corrected chi connectivity index (χ2v) is 5.64. The second kappa shape index (κ2) is 9.23. The van der Waals surface area contributed by atoms with Crippen LogP contribution in [0.15, 0.2) is 45.4 Å². The molecule has 0 atom stereocenters. The summed E-state index contributed by atoms with van der Waals surface area (Å²) in [6.07, 6.45) is 0. The van der Waals surface area contributed by atoms with E-state index in [2.05, 4.69) is 25.6 Å². The van der Waals surface area contributed by atoms with Crippen LogP contribution in [0.1, 0.15) is 16.2 Å². The van der Waals surface area contributed by atoms with E-state index in [0.717, 1.165) is 17.1 Å². The Kier molecular flexibility index (Phi) is 7.02. The van der Waals surface area contributed by atoms with E-state index in [-0.39, 0.29) is 23.9 Å². The van der Waals surface area contributed by atoms with Gasteiger partial charge >= 0.3 is 0 Å². The van der Waals surface area contributed by atoms with Crippen LogP contribution in [0.3, 0.4) is 0 Å². The third-order valence-corrected chi connectivity index (χ3v) is 3.66. The van der Waals surface area contributed by atoms with Gasteiger partial charge in [0.2, 0.25) is 11.5 Å². The maximum atomic E-state index is 11.7. The van der Waals surface area contributed by atoms with Crippen molar-refractivity contribution in [2.24, 2.45) is 0 Å². The molecule has 0 fully saturated rings. The van der Waals surface area contributed by atoms with E-state index in [1.807, 2.05) is 36.4 Å². The molecule has 8 nitrogen and oxygen atoms in total. The highest BCUT2D eigenvalue weighted by atomic mass is 35.5. The predicted molar refractivity (Wildman–Crippen MR) is 99.2 cm³/mol. The Labute approximate surface area is 160 Å². The van der Waals surface area contributed by atoms with E-state index in [1.165, 1.54) is 0 Å². The lowest BCUT2D eigenvalue weighted by atomic mass is 10.2. The number of nitrogens with zero attached hydrogens (tertiary/aromatic N) is 2. The van der Waals surface area contributed by atoms with Gasteiger partial charge in [0, 0.05) is 23.7 Å². The summed E-state index contributed by atoms with van der Waals surface area (Å²) in [5.74, 6) is 1.11. The summed E-state index contributed by atoms with van der Waals surface area (Å²) in [4.78, 5) is 11.7. The average molecular weight is 398 g/mol. The van der Waals surface area contributed by atoms with Gasteiger partial charge in [0.25, 0.3) is 5.91 Å². The number of carbonyl (C=O) groups is 1. The lowest BCUT2D eigenvalue weighted by Crippen LogP contribution is -2.32. The summed E-state index contributed by atoms with van der Waals surface area (Å²) in [6, 6.07) is 11.2. The quantitative estimate of drug-likeness (QED) is 0.523. The van der Waals surface area contributed by atoms with Gasteiger partial charge in [-0.3, -0.25) is 4.79 Å². The summed E-state index contributed by atoms with van der Waals surface area (Å²) in [5, 5.41) is 13.3. The first-order chi connectivity index (χ1) is 12.1. The number of rotatable bonds is 7. The second-order valence-electron chi connectivity index (χ2n) is 5.20. The molecular formula is C16H17Cl2N5O3. The van der Waals surface area contributed by atoms with E-state index in [9.17, 15) is 4.79 Å². The Hall–Kier alpha value is -2.55. The fourth-order valence-corrected chi connectivity index (χ4v) is 2.28. The maximum absolute atomic E-state index is 11.7. The zero-order chi connectivity index (χ0) is 17.6. The van der Waals surface area contributed by atoms with Crippen LogP contribution in [-0.4, -0.2) is 29.3 Å². The minimum Gasteiger partial charge on any atom is -0.460 e. The molecule has 0 saturated heterocycles. The normalized spacial score (nSPS) is 10.3. The molecule has 2 aromatic heterocycles. The topological polar surface area (TPSA) is 119 Å². The molecule has 0 unspecified atom stereocenters. The van der Waals surface area contributed by atoms with E-state index in [0.29, 0.717) is 24.7 Å². The molecule has 0 bridgehead atoms. The highest BCUT2D eigenvalue weighted by Gasteiger charge is 2.14. The van der Waals surface area contributed by atoms with Gasteiger partial charge in [0.15, 0.2) is 0 Å². The molecule has 0 aliphatic rings. The SMILES string of the molecule is Cl.Nc1nonc1C(=O)NCCNCc1ccc(-c2ccc(Cl)cc2)o1. The van der Waals surface area contributed by atoms with Crippen LogP contribution in [0.4, 0.5) is 5.82 Å². The Morgan fingerprint density at radius 2 is 1.88 bits per heavy atom. The van der Waals surface area contributed by atoms with Gasteiger partial charge in [-0.05, 0) is 46.7 Å². The Bertz CT molecular complexity index is 848. The maximum Gasteiger partial charge on any atom is 0.277 e. The van der Waals surface area contributed by atoms with Crippen molar-refractivity contribution in [1.29, 1.82) is 0 Å². The molecule has 3 aromatic rings. The minimum absolute atomic E-state index is 0.